The zero-order valence-electron chi connectivity index (χ0n) is 18.2. The number of ether oxygens (including phenoxy) is 1. The molecule has 0 spiro atoms. The summed E-state index contributed by atoms with van der Waals surface area (Å²) in [6, 6.07) is 20.3. The number of nitrogens with zero attached hydrogens (tertiary/aromatic N) is 2. The van der Waals surface area contributed by atoms with Gasteiger partial charge in [0.25, 0.3) is 11.8 Å². The predicted molar refractivity (Wildman–Crippen MR) is 127 cm³/mol. The molecular weight excluding hydrogens is 416 g/mol. The number of benzene rings is 2. The molecule has 1 fully saturated rings. The first-order valence-corrected chi connectivity index (χ1v) is 10.7. The van der Waals surface area contributed by atoms with Crippen molar-refractivity contribution < 1.29 is 14.3 Å². The Morgan fingerprint density at radius 3 is 2.48 bits per heavy atom. The van der Waals surface area contributed by atoms with Crippen LogP contribution in [0.5, 0.6) is 11.5 Å². The van der Waals surface area contributed by atoms with Gasteiger partial charge >= 0.3 is 0 Å². The van der Waals surface area contributed by atoms with Crippen LogP contribution in [0.3, 0.4) is 0 Å². The van der Waals surface area contributed by atoms with Crippen molar-refractivity contribution in [2.24, 2.45) is 5.73 Å². The molecule has 0 radical (unpaired) electrons. The topological polar surface area (TPSA) is 97.6 Å². The molecule has 0 saturated carbocycles. The smallest absolute Gasteiger partial charge is 0.296 e. The second-order valence-electron chi connectivity index (χ2n) is 7.65. The molecule has 2 amide bonds. The molecule has 1 aliphatic heterocycles. The molecule has 4 rings (SSSR count). The Bertz CT molecular complexity index is 1210. The molecule has 1 aliphatic rings. The van der Waals surface area contributed by atoms with E-state index in [9.17, 15) is 9.59 Å². The van der Waals surface area contributed by atoms with Gasteiger partial charge < -0.3 is 20.7 Å². The number of carbonyl (C=O) groups excluding carboxylic acids is 2. The number of hydrogen-bond donors (Lipinski definition) is 2. The lowest BCUT2D eigenvalue weighted by Crippen LogP contribution is -2.36. The summed E-state index contributed by atoms with van der Waals surface area (Å²) in [4.78, 5) is 30.6. The number of rotatable bonds is 6. The van der Waals surface area contributed by atoms with E-state index < -0.39 is 5.91 Å². The van der Waals surface area contributed by atoms with Crippen LogP contribution in [0.4, 0.5) is 5.82 Å². The van der Waals surface area contributed by atoms with Gasteiger partial charge in [0.15, 0.2) is 0 Å². The van der Waals surface area contributed by atoms with Gasteiger partial charge in [-0.1, -0.05) is 24.1 Å². The van der Waals surface area contributed by atoms with E-state index in [1.165, 1.54) is 0 Å². The fourth-order valence-electron chi connectivity index (χ4n) is 3.77. The number of pyridine rings is 1. The Labute approximate surface area is 192 Å². The molecule has 3 N–H and O–H groups in total. The van der Waals surface area contributed by atoms with Crippen LogP contribution in [-0.2, 0) is 4.79 Å². The van der Waals surface area contributed by atoms with E-state index in [1.54, 1.807) is 19.1 Å². The van der Waals surface area contributed by atoms with Gasteiger partial charge in [0, 0.05) is 24.7 Å². The average Bonchev–Trinajstić information content (AvgIpc) is 3.28. The van der Waals surface area contributed by atoms with Gasteiger partial charge in [-0.2, -0.15) is 0 Å². The van der Waals surface area contributed by atoms with Gasteiger partial charge in [0.2, 0.25) is 0 Å². The zero-order chi connectivity index (χ0) is 23.2. The molecule has 1 atom stereocenters. The molecule has 166 valence electrons. The number of nitrogens with two attached hydrogens (primary N) is 1. The van der Waals surface area contributed by atoms with E-state index in [0.29, 0.717) is 23.6 Å². The molecule has 33 heavy (non-hydrogen) atoms. The molecule has 2 heterocycles. The molecule has 1 unspecified atom stereocenters. The summed E-state index contributed by atoms with van der Waals surface area (Å²) >= 11 is 0. The Balaban J connectivity index is 1.55. The van der Waals surface area contributed by atoms with Gasteiger partial charge in [-0.15, -0.1) is 0 Å². The van der Waals surface area contributed by atoms with Crippen LogP contribution in [0.25, 0.3) is 11.3 Å². The van der Waals surface area contributed by atoms with Gasteiger partial charge in [0.05, 0.1) is 11.3 Å². The number of carbonyl (C=O) groups is 2. The van der Waals surface area contributed by atoms with Crippen molar-refractivity contribution >= 4 is 17.6 Å². The minimum Gasteiger partial charge on any atom is -0.457 e. The lowest BCUT2D eigenvalue weighted by molar-refractivity contribution is -0.116. The minimum absolute atomic E-state index is 0.00571. The number of amides is 2. The SMILES string of the molecule is CC#CC(=O)NC1CCN(c2ccc(C(N)=O)c(-c3ccc(Oc4ccccc4)cc3)n2)C1. The summed E-state index contributed by atoms with van der Waals surface area (Å²) in [5, 5.41) is 2.91. The van der Waals surface area contributed by atoms with E-state index >= 15 is 0 Å². The summed E-state index contributed by atoms with van der Waals surface area (Å²) in [6.07, 6.45) is 0.789. The summed E-state index contributed by atoms with van der Waals surface area (Å²) in [7, 11) is 0. The number of anilines is 1. The molecule has 0 aliphatic carbocycles. The van der Waals surface area contributed by atoms with Gasteiger partial charge in [0.1, 0.15) is 17.3 Å². The third-order valence-electron chi connectivity index (χ3n) is 5.34. The van der Waals surface area contributed by atoms with Crippen LogP contribution in [0.2, 0.25) is 0 Å². The van der Waals surface area contributed by atoms with Gasteiger partial charge in [-0.3, -0.25) is 9.59 Å². The number of nitrogens with one attached hydrogen (secondary N) is 1. The molecule has 0 bridgehead atoms. The Morgan fingerprint density at radius 2 is 1.79 bits per heavy atom. The zero-order valence-corrected chi connectivity index (χ0v) is 18.2. The number of primary amides is 1. The maximum Gasteiger partial charge on any atom is 0.296 e. The van der Waals surface area contributed by atoms with Crippen molar-refractivity contribution in [2.45, 2.75) is 19.4 Å². The van der Waals surface area contributed by atoms with Gasteiger partial charge in [-0.25, -0.2) is 4.98 Å². The van der Waals surface area contributed by atoms with Crippen LogP contribution in [-0.4, -0.2) is 35.9 Å². The molecule has 7 nitrogen and oxygen atoms in total. The van der Waals surface area contributed by atoms with Gasteiger partial charge in [-0.05, 0) is 67.8 Å². The van der Waals surface area contributed by atoms with Crippen LogP contribution in [0.15, 0.2) is 66.7 Å². The Morgan fingerprint density at radius 1 is 1.06 bits per heavy atom. The lowest BCUT2D eigenvalue weighted by Gasteiger charge is -2.19. The van der Waals surface area contributed by atoms with E-state index in [2.05, 4.69) is 22.1 Å². The first-order chi connectivity index (χ1) is 16.0. The third kappa shape index (κ3) is 5.31. The molecule has 2 aromatic carbocycles. The largest absolute Gasteiger partial charge is 0.457 e. The Kier molecular flexibility index (Phi) is 6.56. The van der Waals surface area contributed by atoms with Crippen LogP contribution >= 0.6 is 0 Å². The van der Waals surface area contributed by atoms with E-state index in [-0.39, 0.29) is 11.9 Å². The van der Waals surface area contributed by atoms with Crippen molar-refractivity contribution in [1.82, 2.24) is 10.3 Å². The maximum absolute atomic E-state index is 12.1. The highest BCUT2D eigenvalue weighted by Crippen LogP contribution is 2.29. The van der Waals surface area contributed by atoms with Crippen molar-refractivity contribution in [3.63, 3.8) is 0 Å². The van der Waals surface area contributed by atoms with E-state index in [4.69, 9.17) is 15.5 Å². The molecule has 3 aromatic rings. The highest BCUT2D eigenvalue weighted by Gasteiger charge is 2.25. The number of para-hydroxylation sites is 1. The highest BCUT2D eigenvalue weighted by atomic mass is 16.5. The fraction of sp³-hybridized carbons (Fsp3) is 0.192. The quantitative estimate of drug-likeness (QED) is 0.573. The summed E-state index contributed by atoms with van der Waals surface area (Å²) in [5.41, 5.74) is 7.23. The number of hydrogen-bond acceptors (Lipinski definition) is 5. The van der Waals surface area contributed by atoms with Crippen molar-refractivity contribution in [3.05, 3.63) is 72.3 Å². The second kappa shape index (κ2) is 9.88. The van der Waals surface area contributed by atoms with Crippen molar-refractivity contribution in [3.8, 4) is 34.6 Å². The van der Waals surface area contributed by atoms with Crippen molar-refractivity contribution in [2.75, 3.05) is 18.0 Å². The first kappa shape index (κ1) is 21.9. The summed E-state index contributed by atoms with van der Waals surface area (Å²) in [6.45, 7) is 2.98. The molecular formula is C26H24N4O3. The molecule has 1 saturated heterocycles. The van der Waals surface area contributed by atoms with E-state index in [0.717, 1.165) is 30.1 Å². The summed E-state index contributed by atoms with van der Waals surface area (Å²) in [5.74, 6) is 6.42. The van der Waals surface area contributed by atoms with Crippen LogP contribution in [0, 0.1) is 11.8 Å². The van der Waals surface area contributed by atoms with Crippen molar-refractivity contribution in [1.29, 1.82) is 0 Å². The highest BCUT2D eigenvalue weighted by molar-refractivity contribution is 5.99. The molecule has 7 heteroatoms. The lowest BCUT2D eigenvalue weighted by atomic mass is 10.0. The third-order valence-corrected chi connectivity index (χ3v) is 5.34. The maximum atomic E-state index is 12.1. The number of aromatic nitrogens is 1. The first-order valence-electron chi connectivity index (χ1n) is 10.7. The van der Waals surface area contributed by atoms with E-state index in [1.807, 2.05) is 54.6 Å². The predicted octanol–water partition coefficient (Wildman–Crippen LogP) is 3.36. The summed E-state index contributed by atoms with van der Waals surface area (Å²) < 4.78 is 5.85. The standard InChI is InChI=1S/C26H24N4O3/c1-2-6-24(31)28-19-15-16-30(17-19)23-14-13-22(26(27)32)25(29-23)18-9-11-21(12-10-18)33-20-7-4-3-5-8-20/h3-5,7-14,19H,15-17H2,1H3,(H2,27,32)(H,28,31). The minimum atomic E-state index is -0.543. The molecule has 1 aromatic heterocycles. The normalized spacial score (nSPS) is 14.8. The monoisotopic (exact) mass is 440 g/mol. The van der Waals surface area contributed by atoms with Crippen LogP contribution in [0.1, 0.15) is 23.7 Å². The Hall–Kier alpha value is -4.31. The van der Waals surface area contributed by atoms with Crippen LogP contribution < -0.4 is 20.7 Å². The fourth-order valence-corrected chi connectivity index (χ4v) is 3.77. The second-order valence-corrected chi connectivity index (χ2v) is 7.65. The average molecular weight is 441 g/mol.